The van der Waals surface area contributed by atoms with Crippen molar-refractivity contribution in [2.75, 3.05) is 0 Å². The number of hydrogen-bond acceptors (Lipinski definition) is 2. The summed E-state index contributed by atoms with van der Waals surface area (Å²) < 4.78 is 0. The molecule has 1 aromatic carbocycles. The van der Waals surface area contributed by atoms with Gasteiger partial charge >= 0.3 is 0 Å². The molecule has 0 aliphatic heterocycles. The summed E-state index contributed by atoms with van der Waals surface area (Å²) in [6.07, 6.45) is 2.23. The highest BCUT2D eigenvalue weighted by Gasteiger charge is 2.06. The monoisotopic (exact) mass is 203 g/mol. The van der Waals surface area contributed by atoms with Gasteiger partial charge in [-0.1, -0.05) is 43.7 Å². The second-order valence-corrected chi connectivity index (χ2v) is 4.10. The number of benzene rings is 1. The molecule has 2 rings (SSSR count). The summed E-state index contributed by atoms with van der Waals surface area (Å²) in [5.74, 6) is 0. The van der Waals surface area contributed by atoms with Crippen LogP contribution in [0.5, 0.6) is 0 Å². The Morgan fingerprint density at radius 3 is 2.71 bits per heavy atom. The van der Waals surface area contributed by atoms with Crippen molar-refractivity contribution in [2.24, 2.45) is 0 Å². The highest BCUT2D eigenvalue weighted by Crippen LogP contribution is 2.27. The van der Waals surface area contributed by atoms with Gasteiger partial charge in [0.05, 0.1) is 16.1 Å². The number of rotatable bonds is 3. The van der Waals surface area contributed by atoms with Crippen LogP contribution in [0.3, 0.4) is 0 Å². The Balaban J connectivity index is 2.37. The Bertz CT molecular complexity index is 392. The van der Waals surface area contributed by atoms with Gasteiger partial charge in [0.15, 0.2) is 0 Å². The second-order valence-electron chi connectivity index (χ2n) is 3.24. The SMILES string of the molecule is CCCc1ncsc1-c1ccccc1. The molecule has 1 nitrogen and oxygen atoms in total. The van der Waals surface area contributed by atoms with Crippen molar-refractivity contribution in [1.29, 1.82) is 0 Å². The molecule has 2 heteroatoms. The van der Waals surface area contributed by atoms with Gasteiger partial charge in [-0.25, -0.2) is 4.98 Å². The Labute approximate surface area is 88.4 Å². The minimum absolute atomic E-state index is 1.08. The van der Waals surface area contributed by atoms with Gasteiger partial charge in [-0.3, -0.25) is 0 Å². The van der Waals surface area contributed by atoms with Crippen molar-refractivity contribution in [1.82, 2.24) is 4.98 Å². The maximum Gasteiger partial charge on any atom is 0.0801 e. The summed E-state index contributed by atoms with van der Waals surface area (Å²) in [5, 5.41) is 0. The summed E-state index contributed by atoms with van der Waals surface area (Å²) in [7, 11) is 0. The van der Waals surface area contributed by atoms with Crippen LogP contribution in [0, 0.1) is 0 Å². The van der Waals surface area contributed by atoms with E-state index in [9.17, 15) is 0 Å². The van der Waals surface area contributed by atoms with Crippen LogP contribution in [0.15, 0.2) is 35.8 Å². The number of aryl methyl sites for hydroxylation is 1. The molecule has 0 saturated heterocycles. The van der Waals surface area contributed by atoms with Crippen molar-refractivity contribution in [3.63, 3.8) is 0 Å². The van der Waals surface area contributed by atoms with Gasteiger partial charge in [0.1, 0.15) is 0 Å². The van der Waals surface area contributed by atoms with Gasteiger partial charge in [0.25, 0.3) is 0 Å². The zero-order valence-corrected chi connectivity index (χ0v) is 9.05. The summed E-state index contributed by atoms with van der Waals surface area (Å²) in [6, 6.07) is 10.5. The van der Waals surface area contributed by atoms with Gasteiger partial charge in [0, 0.05) is 0 Å². The third-order valence-electron chi connectivity index (χ3n) is 2.16. The fourth-order valence-corrected chi connectivity index (χ4v) is 2.36. The number of hydrogen-bond donors (Lipinski definition) is 0. The standard InChI is InChI=1S/C12H13NS/c1-2-6-11-12(14-9-13-11)10-7-4-3-5-8-10/h3-5,7-9H,2,6H2,1H3. The van der Waals surface area contributed by atoms with Crippen LogP contribution in [-0.2, 0) is 6.42 Å². The zero-order chi connectivity index (χ0) is 9.80. The first-order chi connectivity index (χ1) is 6.92. The fraction of sp³-hybridized carbons (Fsp3) is 0.250. The van der Waals surface area contributed by atoms with Crippen LogP contribution in [0.4, 0.5) is 0 Å². The van der Waals surface area contributed by atoms with Crippen LogP contribution >= 0.6 is 11.3 Å². The van der Waals surface area contributed by atoms with Crippen LogP contribution in [-0.4, -0.2) is 4.98 Å². The molecule has 0 aliphatic rings. The molecule has 0 bridgehead atoms. The van der Waals surface area contributed by atoms with E-state index in [4.69, 9.17) is 0 Å². The van der Waals surface area contributed by atoms with Gasteiger partial charge < -0.3 is 0 Å². The predicted molar refractivity (Wildman–Crippen MR) is 61.5 cm³/mol. The maximum absolute atomic E-state index is 4.40. The first-order valence-electron chi connectivity index (χ1n) is 4.89. The quantitative estimate of drug-likeness (QED) is 0.740. The molecule has 0 spiro atoms. The van der Waals surface area contributed by atoms with E-state index in [1.54, 1.807) is 11.3 Å². The highest BCUT2D eigenvalue weighted by molar-refractivity contribution is 7.13. The van der Waals surface area contributed by atoms with E-state index in [0.29, 0.717) is 0 Å². The smallest absolute Gasteiger partial charge is 0.0801 e. The third-order valence-corrected chi connectivity index (χ3v) is 3.08. The first-order valence-corrected chi connectivity index (χ1v) is 5.77. The Kier molecular flexibility index (Phi) is 2.94. The minimum atomic E-state index is 1.08. The minimum Gasteiger partial charge on any atom is -0.249 e. The molecule has 72 valence electrons. The average Bonchev–Trinajstić information content (AvgIpc) is 2.68. The van der Waals surface area contributed by atoms with E-state index in [-0.39, 0.29) is 0 Å². The van der Waals surface area contributed by atoms with Crippen molar-refractivity contribution in [3.8, 4) is 10.4 Å². The van der Waals surface area contributed by atoms with E-state index in [1.165, 1.54) is 16.1 Å². The van der Waals surface area contributed by atoms with Crippen molar-refractivity contribution in [3.05, 3.63) is 41.5 Å². The molecule has 0 amide bonds. The molecule has 0 saturated carbocycles. The molecule has 2 aromatic rings. The maximum atomic E-state index is 4.40. The van der Waals surface area contributed by atoms with E-state index < -0.39 is 0 Å². The van der Waals surface area contributed by atoms with Crippen molar-refractivity contribution < 1.29 is 0 Å². The summed E-state index contributed by atoms with van der Waals surface area (Å²) >= 11 is 1.73. The third kappa shape index (κ3) is 1.85. The molecule has 0 fully saturated rings. The lowest BCUT2D eigenvalue weighted by Crippen LogP contribution is -1.85. The predicted octanol–water partition coefficient (Wildman–Crippen LogP) is 3.76. The second kappa shape index (κ2) is 4.38. The highest BCUT2D eigenvalue weighted by atomic mass is 32.1. The number of nitrogens with zero attached hydrogens (tertiary/aromatic N) is 1. The molecule has 1 aromatic heterocycles. The van der Waals surface area contributed by atoms with Gasteiger partial charge in [-0.2, -0.15) is 0 Å². The lowest BCUT2D eigenvalue weighted by molar-refractivity contribution is 0.894. The number of thiazole rings is 1. The topological polar surface area (TPSA) is 12.9 Å². The van der Waals surface area contributed by atoms with Crippen LogP contribution in [0.25, 0.3) is 10.4 Å². The van der Waals surface area contributed by atoms with E-state index in [0.717, 1.165) is 12.8 Å². The first kappa shape index (κ1) is 9.41. The Morgan fingerprint density at radius 2 is 2.00 bits per heavy atom. The zero-order valence-electron chi connectivity index (χ0n) is 8.23. The number of aromatic nitrogens is 1. The molecule has 1 heterocycles. The summed E-state index contributed by atoms with van der Waals surface area (Å²) in [4.78, 5) is 5.73. The van der Waals surface area contributed by atoms with E-state index in [1.807, 2.05) is 11.6 Å². The largest absolute Gasteiger partial charge is 0.249 e. The fourth-order valence-electron chi connectivity index (χ4n) is 1.51. The molecule has 0 atom stereocenters. The van der Waals surface area contributed by atoms with Gasteiger partial charge in [-0.15, -0.1) is 11.3 Å². The van der Waals surface area contributed by atoms with Crippen LogP contribution < -0.4 is 0 Å². The molecular weight excluding hydrogens is 190 g/mol. The van der Waals surface area contributed by atoms with E-state index >= 15 is 0 Å². The molecular formula is C12H13NS. The Hall–Kier alpha value is -1.15. The van der Waals surface area contributed by atoms with Crippen LogP contribution in [0.2, 0.25) is 0 Å². The molecule has 0 N–H and O–H groups in total. The lowest BCUT2D eigenvalue weighted by atomic mass is 10.1. The molecule has 0 radical (unpaired) electrons. The Morgan fingerprint density at radius 1 is 1.21 bits per heavy atom. The van der Waals surface area contributed by atoms with Gasteiger partial charge in [-0.05, 0) is 12.0 Å². The van der Waals surface area contributed by atoms with Crippen LogP contribution in [0.1, 0.15) is 19.0 Å². The van der Waals surface area contributed by atoms with Gasteiger partial charge in [0.2, 0.25) is 0 Å². The van der Waals surface area contributed by atoms with Crippen molar-refractivity contribution >= 4 is 11.3 Å². The molecule has 0 unspecified atom stereocenters. The molecule has 0 aliphatic carbocycles. The van der Waals surface area contributed by atoms with Crippen molar-refractivity contribution in [2.45, 2.75) is 19.8 Å². The summed E-state index contributed by atoms with van der Waals surface area (Å²) in [6.45, 7) is 2.19. The summed E-state index contributed by atoms with van der Waals surface area (Å²) in [5.41, 5.74) is 4.47. The lowest BCUT2D eigenvalue weighted by Gasteiger charge is -2.00. The van der Waals surface area contributed by atoms with E-state index in [2.05, 4.69) is 36.2 Å². The molecule has 14 heavy (non-hydrogen) atoms. The normalized spacial score (nSPS) is 10.4. The average molecular weight is 203 g/mol.